The molecular formula is C12H40O5Si4. The Morgan fingerprint density at radius 3 is 1.14 bits per heavy atom. The summed E-state index contributed by atoms with van der Waals surface area (Å²) in [6, 6.07) is 0. The van der Waals surface area contributed by atoms with Gasteiger partial charge in [-0.2, -0.15) is 0 Å². The van der Waals surface area contributed by atoms with E-state index in [1.54, 1.807) is 0 Å². The first kappa shape index (κ1) is 29.7. The zero-order chi connectivity index (χ0) is 16.1. The van der Waals surface area contributed by atoms with Crippen molar-refractivity contribution in [3.8, 4) is 0 Å². The Hall–Kier alpha value is 0.668. The van der Waals surface area contributed by atoms with Crippen molar-refractivity contribution in [1.82, 2.24) is 0 Å². The molecule has 0 bridgehead atoms. The summed E-state index contributed by atoms with van der Waals surface area (Å²) in [6.45, 7) is 24.0. The van der Waals surface area contributed by atoms with Crippen LogP contribution < -0.4 is 0 Å². The van der Waals surface area contributed by atoms with Crippen molar-refractivity contribution in [2.45, 2.75) is 72.0 Å². The molecule has 0 aromatic heterocycles. The fourth-order valence-corrected chi connectivity index (χ4v) is 13.5. The molecule has 0 aliphatic carbocycles. The van der Waals surface area contributed by atoms with Crippen LogP contribution in [0, 0.1) is 0 Å². The summed E-state index contributed by atoms with van der Waals surface area (Å²) >= 11 is 0. The molecule has 0 atom stereocenters. The molecule has 0 fully saturated rings. The van der Waals surface area contributed by atoms with Gasteiger partial charge < -0.3 is 24.3 Å². The number of aliphatic hydroxyl groups is 1. The molecule has 5 N–H and O–H groups in total. The summed E-state index contributed by atoms with van der Waals surface area (Å²) in [5.74, 6) is 0. The van der Waals surface area contributed by atoms with E-state index >= 15 is 0 Å². The smallest absolute Gasteiger partial charge is 0.311 e. The predicted octanol–water partition coefficient (Wildman–Crippen LogP) is 2.60. The van der Waals surface area contributed by atoms with Gasteiger partial charge in [0.15, 0.2) is 8.32 Å². The molecule has 0 unspecified atom stereocenters. The standard InChI is InChI=1S/C8H24O3Si3.C4H12Si.2H2O/c1-12(2,3)10-14(6,7)11-13(4,5)8-9;1-5(2,3)4;;/h9H,8H2,1-7H3;1-4H3;2*1H2. The van der Waals surface area contributed by atoms with Crippen molar-refractivity contribution in [3.63, 3.8) is 0 Å². The highest BCUT2D eigenvalue weighted by molar-refractivity contribution is 6.87. The molecule has 0 spiro atoms. The molecule has 0 amide bonds. The topological polar surface area (TPSA) is 102 Å². The van der Waals surface area contributed by atoms with Crippen molar-refractivity contribution in [3.05, 3.63) is 0 Å². The zero-order valence-electron chi connectivity index (χ0n) is 16.0. The maximum absolute atomic E-state index is 9.17. The Bertz CT molecular complexity index is 253. The molecule has 9 heteroatoms. The largest absolute Gasteiger partial charge is 0.437 e. The predicted molar refractivity (Wildman–Crippen MR) is 104 cm³/mol. The van der Waals surface area contributed by atoms with Gasteiger partial charge in [-0.1, -0.05) is 26.2 Å². The molecule has 0 saturated carbocycles. The monoisotopic (exact) mass is 376 g/mol. The van der Waals surface area contributed by atoms with Gasteiger partial charge in [0.05, 0.1) is 6.23 Å². The van der Waals surface area contributed by atoms with Gasteiger partial charge in [-0.3, -0.25) is 0 Å². The highest BCUT2D eigenvalue weighted by Gasteiger charge is 2.37. The van der Waals surface area contributed by atoms with Gasteiger partial charge in [0.25, 0.3) is 0 Å². The van der Waals surface area contributed by atoms with Crippen LogP contribution in [-0.4, -0.2) is 55.6 Å². The minimum Gasteiger partial charge on any atom is -0.437 e. The Balaban J connectivity index is -0.000000179. The first-order valence-corrected chi connectivity index (χ1v) is 20.3. The lowest BCUT2D eigenvalue weighted by Gasteiger charge is -2.36. The van der Waals surface area contributed by atoms with E-state index in [0.717, 1.165) is 0 Å². The summed E-state index contributed by atoms with van der Waals surface area (Å²) in [6.07, 6.45) is 0.165. The van der Waals surface area contributed by atoms with E-state index in [0.29, 0.717) is 0 Å². The second-order valence-corrected chi connectivity index (χ2v) is 27.1. The zero-order valence-corrected chi connectivity index (χ0v) is 20.0. The summed E-state index contributed by atoms with van der Waals surface area (Å²) in [5, 5.41) is 9.17. The fraction of sp³-hybridized carbons (Fsp3) is 1.00. The van der Waals surface area contributed by atoms with E-state index < -0.39 is 33.3 Å². The Labute approximate surface area is 136 Å². The molecule has 0 aliphatic rings. The third kappa shape index (κ3) is 29.3. The van der Waals surface area contributed by atoms with E-state index in [-0.39, 0.29) is 17.2 Å². The fourth-order valence-electron chi connectivity index (χ4n) is 1.46. The third-order valence-corrected chi connectivity index (χ3v) is 10.8. The molecule has 0 radical (unpaired) electrons. The van der Waals surface area contributed by atoms with E-state index in [9.17, 15) is 5.11 Å². The molecule has 0 saturated heterocycles. The highest BCUT2D eigenvalue weighted by Crippen LogP contribution is 2.19. The lowest BCUT2D eigenvalue weighted by atomic mass is 11.7. The second-order valence-electron chi connectivity index (χ2n) is 8.63. The second kappa shape index (κ2) is 10.4. The number of hydrogen-bond donors (Lipinski definition) is 1. The average Bonchev–Trinajstić information content (AvgIpc) is 1.92. The van der Waals surface area contributed by atoms with Crippen LogP contribution in [0.1, 0.15) is 0 Å². The van der Waals surface area contributed by atoms with Crippen LogP contribution in [0.5, 0.6) is 0 Å². The number of aliphatic hydroxyl groups excluding tert-OH is 1. The van der Waals surface area contributed by atoms with E-state index in [1.165, 1.54) is 0 Å². The minimum atomic E-state index is -2.03. The third-order valence-electron chi connectivity index (χ3n) is 1.45. The van der Waals surface area contributed by atoms with Crippen LogP contribution in [0.4, 0.5) is 0 Å². The van der Waals surface area contributed by atoms with Gasteiger partial charge >= 0.3 is 8.56 Å². The van der Waals surface area contributed by atoms with Crippen molar-refractivity contribution >= 4 is 33.3 Å². The van der Waals surface area contributed by atoms with Gasteiger partial charge in [0, 0.05) is 8.07 Å². The van der Waals surface area contributed by atoms with Crippen LogP contribution in [0.25, 0.3) is 0 Å². The van der Waals surface area contributed by atoms with Crippen LogP contribution in [0.3, 0.4) is 0 Å². The molecule has 0 aliphatic heterocycles. The van der Waals surface area contributed by atoms with E-state index in [4.69, 9.17) is 8.23 Å². The maximum atomic E-state index is 9.17. The SMILES string of the molecule is C[Si](C)(C)C.C[Si](C)(C)O[Si](C)(C)O[Si](C)(C)CO.O.O. The molecule has 21 heavy (non-hydrogen) atoms. The van der Waals surface area contributed by atoms with Gasteiger partial charge in [0.2, 0.25) is 8.32 Å². The van der Waals surface area contributed by atoms with Crippen LogP contribution in [0.15, 0.2) is 0 Å². The summed E-state index contributed by atoms with van der Waals surface area (Å²) in [5.41, 5.74) is 0. The lowest BCUT2D eigenvalue weighted by molar-refractivity contribution is 0.315. The average molecular weight is 377 g/mol. The molecular weight excluding hydrogens is 336 g/mol. The summed E-state index contributed by atoms with van der Waals surface area (Å²) < 4.78 is 12.0. The van der Waals surface area contributed by atoms with Crippen molar-refractivity contribution < 1.29 is 24.3 Å². The van der Waals surface area contributed by atoms with Crippen LogP contribution in [-0.2, 0) is 8.23 Å². The molecule has 0 aromatic rings. The van der Waals surface area contributed by atoms with Crippen LogP contribution >= 0.6 is 0 Å². The van der Waals surface area contributed by atoms with Crippen LogP contribution in [0.2, 0.25) is 72.0 Å². The van der Waals surface area contributed by atoms with Crippen molar-refractivity contribution in [2.75, 3.05) is 6.23 Å². The Morgan fingerprint density at radius 1 is 0.667 bits per heavy atom. The molecule has 0 aromatic carbocycles. The number of hydrogen-bond acceptors (Lipinski definition) is 3. The minimum absolute atomic E-state index is 0. The lowest BCUT2D eigenvalue weighted by Crippen LogP contribution is -2.53. The van der Waals surface area contributed by atoms with Crippen molar-refractivity contribution in [1.29, 1.82) is 0 Å². The highest BCUT2D eigenvalue weighted by atomic mass is 28.5. The summed E-state index contributed by atoms with van der Waals surface area (Å²) in [4.78, 5) is 0. The van der Waals surface area contributed by atoms with Gasteiger partial charge in [-0.25, -0.2) is 0 Å². The number of rotatable bonds is 5. The van der Waals surface area contributed by atoms with Crippen molar-refractivity contribution in [2.24, 2.45) is 0 Å². The van der Waals surface area contributed by atoms with E-state index in [2.05, 4.69) is 58.9 Å². The Morgan fingerprint density at radius 2 is 0.952 bits per heavy atom. The summed E-state index contributed by atoms with van der Waals surface area (Å²) in [7, 11) is -6.07. The normalized spacial score (nSPS) is 12.6. The van der Waals surface area contributed by atoms with E-state index in [1.807, 2.05) is 13.1 Å². The maximum Gasteiger partial charge on any atom is 0.311 e. The molecule has 134 valence electrons. The van der Waals surface area contributed by atoms with Gasteiger partial charge in [-0.05, 0) is 45.8 Å². The van der Waals surface area contributed by atoms with Gasteiger partial charge in [0.1, 0.15) is 0 Å². The first-order chi connectivity index (χ1) is 7.97. The molecule has 0 heterocycles. The quantitative estimate of drug-likeness (QED) is 0.746. The molecule has 5 nitrogen and oxygen atoms in total. The first-order valence-electron chi connectivity index (χ1n) is 6.99. The van der Waals surface area contributed by atoms with Gasteiger partial charge in [-0.15, -0.1) is 0 Å². The Kier molecular flexibility index (Phi) is 14.7. The molecule has 0 rings (SSSR count).